The largest absolute Gasteiger partial charge is 0.396 e. The lowest BCUT2D eigenvalue weighted by Crippen LogP contribution is -2.48. The quantitative estimate of drug-likeness (QED) is 0.810. The van der Waals surface area contributed by atoms with Crippen LogP contribution in [0.1, 0.15) is 68.7 Å². The van der Waals surface area contributed by atoms with Crippen molar-refractivity contribution in [1.82, 2.24) is 19.8 Å². The molecule has 1 aromatic rings. The van der Waals surface area contributed by atoms with E-state index in [0.29, 0.717) is 24.5 Å². The Bertz CT molecular complexity index is 527. The molecule has 1 saturated carbocycles. The lowest BCUT2D eigenvalue weighted by atomic mass is 9.87. The van der Waals surface area contributed by atoms with E-state index in [0.717, 1.165) is 38.3 Å². The molecule has 2 aliphatic rings. The summed E-state index contributed by atoms with van der Waals surface area (Å²) in [5.74, 6) is 2.27. The molecule has 1 aliphatic heterocycles. The molecular formula is C21H36N4O. The molecule has 0 amide bonds. The Kier molecular flexibility index (Phi) is 7.41. The first kappa shape index (κ1) is 19.7. The first-order chi connectivity index (χ1) is 12.7. The van der Waals surface area contributed by atoms with Crippen LogP contribution in [-0.2, 0) is 6.54 Å². The zero-order valence-electron chi connectivity index (χ0n) is 16.6. The second-order valence-electron chi connectivity index (χ2n) is 8.47. The van der Waals surface area contributed by atoms with Gasteiger partial charge in [0.05, 0.1) is 0 Å². The van der Waals surface area contributed by atoms with E-state index in [2.05, 4.69) is 36.3 Å². The molecule has 0 aromatic carbocycles. The van der Waals surface area contributed by atoms with Crippen molar-refractivity contribution >= 4 is 0 Å². The van der Waals surface area contributed by atoms with Crippen LogP contribution in [0.25, 0.3) is 0 Å². The van der Waals surface area contributed by atoms with Crippen LogP contribution in [0.3, 0.4) is 0 Å². The van der Waals surface area contributed by atoms with Gasteiger partial charge in [0.2, 0.25) is 0 Å². The Morgan fingerprint density at radius 1 is 1.12 bits per heavy atom. The predicted molar refractivity (Wildman–Crippen MR) is 105 cm³/mol. The van der Waals surface area contributed by atoms with E-state index in [1.807, 2.05) is 0 Å². The van der Waals surface area contributed by atoms with Crippen LogP contribution in [-0.4, -0.2) is 64.7 Å². The summed E-state index contributed by atoms with van der Waals surface area (Å²) in [5, 5.41) is 9.21. The Morgan fingerprint density at radius 3 is 2.50 bits per heavy atom. The van der Waals surface area contributed by atoms with Gasteiger partial charge in [0.1, 0.15) is 5.82 Å². The smallest absolute Gasteiger partial charge is 0.131 e. The van der Waals surface area contributed by atoms with E-state index in [4.69, 9.17) is 9.97 Å². The Hall–Kier alpha value is -1.04. The summed E-state index contributed by atoms with van der Waals surface area (Å²) in [6.07, 6.45) is 13.8. The summed E-state index contributed by atoms with van der Waals surface area (Å²) in [7, 11) is 4.37. The van der Waals surface area contributed by atoms with E-state index in [-0.39, 0.29) is 0 Å². The third-order valence-electron chi connectivity index (χ3n) is 6.28. The van der Waals surface area contributed by atoms with Crippen LogP contribution in [0.15, 0.2) is 12.4 Å². The highest BCUT2D eigenvalue weighted by Gasteiger charge is 2.30. The van der Waals surface area contributed by atoms with Gasteiger partial charge >= 0.3 is 0 Å². The molecule has 2 atom stereocenters. The van der Waals surface area contributed by atoms with Gasteiger partial charge in [-0.15, -0.1) is 0 Å². The molecule has 2 fully saturated rings. The van der Waals surface area contributed by atoms with E-state index in [1.54, 1.807) is 0 Å². The highest BCUT2D eigenvalue weighted by Crippen LogP contribution is 2.30. The van der Waals surface area contributed by atoms with Gasteiger partial charge in [-0.3, -0.25) is 4.90 Å². The number of hydrogen-bond acceptors (Lipinski definition) is 5. The van der Waals surface area contributed by atoms with E-state index < -0.39 is 0 Å². The maximum Gasteiger partial charge on any atom is 0.131 e. The monoisotopic (exact) mass is 360 g/mol. The predicted octanol–water partition coefficient (Wildman–Crippen LogP) is 3.05. The molecule has 26 heavy (non-hydrogen) atoms. The lowest BCUT2D eigenvalue weighted by molar-refractivity contribution is 0.0716. The third-order valence-corrected chi connectivity index (χ3v) is 6.28. The normalized spacial score (nSPS) is 25.7. The van der Waals surface area contributed by atoms with Crippen LogP contribution in [0.4, 0.5) is 0 Å². The van der Waals surface area contributed by atoms with Crippen molar-refractivity contribution in [3.63, 3.8) is 0 Å². The highest BCUT2D eigenvalue weighted by molar-refractivity contribution is 5.08. The molecule has 5 heteroatoms. The maximum atomic E-state index is 9.21. The van der Waals surface area contributed by atoms with Crippen molar-refractivity contribution in [1.29, 1.82) is 0 Å². The minimum Gasteiger partial charge on any atom is -0.396 e. The lowest BCUT2D eigenvalue weighted by Gasteiger charge is -2.41. The van der Waals surface area contributed by atoms with Gasteiger partial charge in [0.15, 0.2) is 0 Å². The van der Waals surface area contributed by atoms with Gasteiger partial charge in [0, 0.05) is 49.6 Å². The average Bonchev–Trinajstić information content (AvgIpc) is 2.67. The number of aliphatic hydroxyl groups excluding tert-OH is 1. The van der Waals surface area contributed by atoms with Crippen molar-refractivity contribution in [3.8, 4) is 0 Å². The number of rotatable bonds is 7. The second-order valence-corrected chi connectivity index (χ2v) is 8.47. The number of nitrogens with zero attached hydrogens (tertiary/aromatic N) is 4. The van der Waals surface area contributed by atoms with E-state index in [1.165, 1.54) is 44.1 Å². The molecule has 5 nitrogen and oxygen atoms in total. The van der Waals surface area contributed by atoms with E-state index >= 15 is 0 Å². The van der Waals surface area contributed by atoms with Crippen molar-refractivity contribution in [2.24, 2.45) is 5.92 Å². The molecule has 3 rings (SSSR count). The van der Waals surface area contributed by atoms with Crippen molar-refractivity contribution < 1.29 is 5.11 Å². The molecule has 146 valence electrons. The van der Waals surface area contributed by atoms with Gasteiger partial charge < -0.3 is 10.0 Å². The van der Waals surface area contributed by atoms with Gasteiger partial charge in [-0.25, -0.2) is 9.97 Å². The van der Waals surface area contributed by atoms with Crippen LogP contribution in [0.5, 0.6) is 0 Å². The molecule has 0 bridgehead atoms. The number of aromatic nitrogens is 2. The molecule has 0 unspecified atom stereocenters. The molecule has 1 N–H and O–H groups in total. The number of aliphatic hydroxyl groups is 1. The SMILES string of the molecule is CN(C)[C@@H]1CCN(Cc2cnc(C3CCCCC3)nc2)C[C@@H]1CCCO. The van der Waals surface area contributed by atoms with Crippen molar-refractivity contribution in [2.75, 3.05) is 33.8 Å². The minimum absolute atomic E-state index is 0.299. The fraction of sp³-hybridized carbons (Fsp3) is 0.810. The zero-order valence-corrected chi connectivity index (χ0v) is 16.6. The summed E-state index contributed by atoms with van der Waals surface area (Å²) in [5.41, 5.74) is 1.23. The molecule has 1 aliphatic carbocycles. The van der Waals surface area contributed by atoms with Gasteiger partial charge in [0.25, 0.3) is 0 Å². The minimum atomic E-state index is 0.299. The molecule has 1 aromatic heterocycles. The zero-order chi connectivity index (χ0) is 18.4. The summed E-state index contributed by atoms with van der Waals surface area (Å²) < 4.78 is 0. The number of hydrogen-bond donors (Lipinski definition) is 1. The van der Waals surface area contributed by atoms with Crippen LogP contribution in [0.2, 0.25) is 0 Å². The summed E-state index contributed by atoms with van der Waals surface area (Å²) in [6, 6.07) is 0.628. The Morgan fingerprint density at radius 2 is 1.85 bits per heavy atom. The first-order valence-electron chi connectivity index (χ1n) is 10.5. The van der Waals surface area contributed by atoms with Crippen molar-refractivity contribution in [2.45, 2.75) is 69.9 Å². The standard InChI is InChI=1S/C21H36N4O/c1-24(2)20-10-11-25(16-19(20)9-6-12-26)15-17-13-22-21(23-14-17)18-7-4-3-5-8-18/h13-14,18-20,26H,3-12,15-16H2,1-2H3/t19-,20+/m0/s1. The fourth-order valence-electron chi connectivity index (χ4n) is 4.83. The molecule has 2 heterocycles. The summed E-state index contributed by atoms with van der Waals surface area (Å²) >= 11 is 0. The number of likely N-dealkylation sites (tertiary alicyclic amines) is 1. The first-order valence-corrected chi connectivity index (χ1v) is 10.5. The molecular weight excluding hydrogens is 324 g/mol. The molecule has 0 spiro atoms. The van der Waals surface area contributed by atoms with Crippen LogP contribution < -0.4 is 0 Å². The van der Waals surface area contributed by atoms with Crippen LogP contribution in [0, 0.1) is 5.92 Å². The van der Waals surface area contributed by atoms with Gasteiger partial charge in [-0.1, -0.05) is 19.3 Å². The highest BCUT2D eigenvalue weighted by atomic mass is 16.2. The molecule has 0 radical (unpaired) electrons. The van der Waals surface area contributed by atoms with Crippen LogP contribution >= 0.6 is 0 Å². The summed E-state index contributed by atoms with van der Waals surface area (Å²) in [4.78, 5) is 14.3. The second kappa shape index (κ2) is 9.77. The third kappa shape index (κ3) is 5.24. The Labute approximate surface area is 158 Å². The maximum absolute atomic E-state index is 9.21. The van der Waals surface area contributed by atoms with Gasteiger partial charge in [-0.2, -0.15) is 0 Å². The van der Waals surface area contributed by atoms with Crippen molar-refractivity contribution in [3.05, 3.63) is 23.8 Å². The fourth-order valence-corrected chi connectivity index (χ4v) is 4.83. The van der Waals surface area contributed by atoms with E-state index in [9.17, 15) is 5.11 Å². The Balaban J connectivity index is 1.56. The summed E-state index contributed by atoms with van der Waals surface area (Å²) in [6.45, 7) is 3.48. The molecule has 1 saturated heterocycles. The topological polar surface area (TPSA) is 52.5 Å². The average molecular weight is 361 g/mol. The number of piperidine rings is 1. The van der Waals surface area contributed by atoms with Gasteiger partial charge in [-0.05, 0) is 58.7 Å².